The maximum absolute atomic E-state index is 11.8. The molecule has 0 unspecified atom stereocenters. The Morgan fingerprint density at radius 2 is 1.72 bits per heavy atom. The van der Waals surface area contributed by atoms with Gasteiger partial charge in [-0.15, -0.1) is 15.0 Å². The summed E-state index contributed by atoms with van der Waals surface area (Å²) in [6.07, 6.45) is -0.746. The minimum absolute atomic E-state index is 0.0657. The minimum Gasteiger partial charge on any atom is -0.434 e. The Bertz CT molecular complexity index is 877. The summed E-state index contributed by atoms with van der Waals surface area (Å²) in [6.45, 7) is 8.33. The molecule has 0 aliphatic heterocycles. The molecule has 0 amide bonds. The molecule has 1 heterocycles. The van der Waals surface area contributed by atoms with Crippen LogP contribution >= 0.6 is 0 Å². The Hall–Kier alpha value is -2.89. The zero-order valence-corrected chi connectivity index (χ0v) is 14.8. The molecular formula is C19H21N3O3. The van der Waals surface area contributed by atoms with E-state index in [1.807, 2.05) is 36.4 Å². The molecule has 3 aromatic rings. The molecule has 0 aliphatic rings. The second kappa shape index (κ2) is 6.55. The van der Waals surface area contributed by atoms with E-state index in [-0.39, 0.29) is 12.0 Å². The van der Waals surface area contributed by atoms with E-state index in [2.05, 4.69) is 31.0 Å². The average molecular weight is 339 g/mol. The van der Waals surface area contributed by atoms with Gasteiger partial charge in [-0.1, -0.05) is 39.0 Å². The third-order valence-electron chi connectivity index (χ3n) is 3.78. The van der Waals surface area contributed by atoms with Gasteiger partial charge in [0.25, 0.3) is 0 Å². The van der Waals surface area contributed by atoms with Crippen LogP contribution in [-0.4, -0.2) is 27.8 Å². The minimum atomic E-state index is -0.746. The predicted molar refractivity (Wildman–Crippen MR) is 95.2 cm³/mol. The smallest absolute Gasteiger partial charge is 0.434 e. The maximum atomic E-state index is 11.8. The molecule has 0 atom stereocenters. The number of hydrogen-bond acceptors (Lipinski definition) is 5. The zero-order valence-electron chi connectivity index (χ0n) is 14.8. The van der Waals surface area contributed by atoms with Gasteiger partial charge < -0.3 is 9.47 Å². The largest absolute Gasteiger partial charge is 0.513 e. The van der Waals surface area contributed by atoms with E-state index in [1.54, 1.807) is 13.0 Å². The fraction of sp³-hybridized carbons (Fsp3) is 0.316. The van der Waals surface area contributed by atoms with Crippen LogP contribution < -0.4 is 4.74 Å². The molecule has 130 valence electrons. The molecule has 25 heavy (non-hydrogen) atoms. The van der Waals surface area contributed by atoms with Crippen LogP contribution in [0.3, 0.4) is 0 Å². The van der Waals surface area contributed by atoms with E-state index in [9.17, 15) is 4.79 Å². The van der Waals surface area contributed by atoms with Crippen molar-refractivity contribution in [2.75, 3.05) is 6.61 Å². The molecule has 0 spiro atoms. The standard InChI is InChI=1S/C19H21N3O3/c1-5-24-18(23)25-17-11-10-13(19(2,3)4)12-16(17)22-20-14-8-6-7-9-15(14)21-22/h6-12H,5H2,1-4H3. The van der Waals surface area contributed by atoms with Crippen molar-refractivity contribution in [3.05, 3.63) is 48.0 Å². The number of carbonyl (C=O) groups excluding carboxylic acids is 1. The quantitative estimate of drug-likeness (QED) is 0.527. The van der Waals surface area contributed by atoms with Crippen molar-refractivity contribution < 1.29 is 14.3 Å². The van der Waals surface area contributed by atoms with E-state index < -0.39 is 6.16 Å². The van der Waals surface area contributed by atoms with Crippen molar-refractivity contribution in [1.29, 1.82) is 0 Å². The molecule has 3 rings (SSSR count). The number of nitrogens with zero attached hydrogens (tertiary/aromatic N) is 3. The summed E-state index contributed by atoms with van der Waals surface area (Å²) in [5, 5.41) is 8.99. The van der Waals surface area contributed by atoms with Gasteiger partial charge in [-0.3, -0.25) is 0 Å². The first-order chi connectivity index (χ1) is 11.9. The van der Waals surface area contributed by atoms with Crippen LogP contribution in [0.5, 0.6) is 5.75 Å². The Labute approximate surface area is 146 Å². The lowest BCUT2D eigenvalue weighted by Crippen LogP contribution is -2.15. The number of aromatic nitrogens is 3. The number of rotatable bonds is 3. The summed E-state index contributed by atoms with van der Waals surface area (Å²) in [5.41, 5.74) is 3.15. The highest BCUT2D eigenvalue weighted by Gasteiger charge is 2.20. The summed E-state index contributed by atoms with van der Waals surface area (Å²) in [7, 11) is 0. The fourth-order valence-corrected chi connectivity index (χ4v) is 2.43. The molecular weight excluding hydrogens is 318 g/mol. The van der Waals surface area contributed by atoms with Gasteiger partial charge in [0.1, 0.15) is 16.7 Å². The summed E-state index contributed by atoms with van der Waals surface area (Å²) >= 11 is 0. The van der Waals surface area contributed by atoms with Gasteiger partial charge in [0.2, 0.25) is 0 Å². The van der Waals surface area contributed by atoms with Crippen LogP contribution in [0.2, 0.25) is 0 Å². The SMILES string of the molecule is CCOC(=O)Oc1ccc(C(C)(C)C)cc1-n1nc2ccccc2n1. The Balaban J connectivity index is 2.11. The Kier molecular flexibility index (Phi) is 4.44. The van der Waals surface area contributed by atoms with Crippen LogP contribution in [0.4, 0.5) is 4.79 Å². The zero-order chi connectivity index (χ0) is 18.0. The number of carbonyl (C=O) groups is 1. The molecule has 0 radical (unpaired) electrons. The van der Waals surface area contributed by atoms with E-state index in [1.165, 1.54) is 4.80 Å². The maximum Gasteiger partial charge on any atom is 0.513 e. The highest BCUT2D eigenvalue weighted by atomic mass is 16.7. The average Bonchev–Trinajstić information content (AvgIpc) is 2.98. The molecule has 6 nitrogen and oxygen atoms in total. The van der Waals surface area contributed by atoms with Gasteiger partial charge >= 0.3 is 6.16 Å². The lowest BCUT2D eigenvalue weighted by Gasteiger charge is -2.20. The lowest BCUT2D eigenvalue weighted by molar-refractivity contribution is 0.104. The molecule has 1 aromatic heterocycles. The van der Waals surface area contributed by atoms with Crippen molar-refractivity contribution in [2.24, 2.45) is 0 Å². The third-order valence-corrected chi connectivity index (χ3v) is 3.78. The van der Waals surface area contributed by atoms with Gasteiger partial charge in [-0.05, 0) is 42.2 Å². The normalized spacial score (nSPS) is 11.5. The molecule has 2 aromatic carbocycles. The number of hydrogen-bond donors (Lipinski definition) is 0. The summed E-state index contributed by atoms with van der Waals surface area (Å²) in [6, 6.07) is 13.2. The van der Waals surface area contributed by atoms with Gasteiger partial charge in [-0.25, -0.2) is 4.79 Å². The van der Waals surface area contributed by atoms with Crippen LogP contribution in [0.1, 0.15) is 33.3 Å². The van der Waals surface area contributed by atoms with Crippen molar-refractivity contribution in [3.63, 3.8) is 0 Å². The first-order valence-electron chi connectivity index (χ1n) is 8.20. The van der Waals surface area contributed by atoms with Crippen molar-refractivity contribution in [3.8, 4) is 11.4 Å². The molecule has 0 saturated carbocycles. The number of fused-ring (bicyclic) bond motifs is 1. The summed E-state index contributed by atoms with van der Waals surface area (Å²) in [4.78, 5) is 13.2. The predicted octanol–water partition coefficient (Wildman–Crippen LogP) is 4.25. The van der Waals surface area contributed by atoms with Crippen LogP contribution in [0, 0.1) is 0 Å². The Morgan fingerprint density at radius 1 is 1.08 bits per heavy atom. The summed E-state index contributed by atoms with van der Waals surface area (Å²) in [5.74, 6) is 0.353. The van der Waals surface area contributed by atoms with Crippen molar-refractivity contribution in [2.45, 2.75) is 33.1 Å². The van der Waals surface area contributed by atoms with Gasteiger partial charge in [0, 0.05) is 0 Å². The van der Waals surface area contributed by atoms with E-state index in [0.29, 0.717) is 11.4 Å². The molecule has 0 saturated heterocycles. The van der Waals surface area contributed by atoms with Crippen LogP contribution in [0.25, 0.3) is 16.7 Å². The van der Waals surface area contributed by atoms with E-state index >= 15 is 0 Å². The number of ether oxygens (including phenoxy) is 2. The van der Waals surface area contributed by atoms with Gasteiger partial charge in [0.05, 0.1) is 6.61 Å². The lowest BCUT2D eigenvalue weighted by atomic mass is 9.87. The van der Waals surface area contributed by atoms with E-state index in [4.69, 9.17) is 9.47 Å². The second-order valence-electron chi connectivity index (χ2n) is 6.70. The first kappa shape index (κ1) is 17.0. The fourth-order valence-electron chi connectivity index (χ4n) is 2.43. The second-order valence-corrected chi connectivity index (χ2v) is 6.70. The highest BCUT2D eigenvalue weighted by molar-refractivity contribution is 5.74. The topological polar surface area (TPSA) is 66.2 Å². The first-order valence-corrected chi connectivity index (χ1v) is 8.20. The monoisotopic (exact) mass is 339 g/mol. The molecule has 0 N–H and O–H groups in total. The van der Waals surface area contributed by atoms with E-state index in [0.717, 1.165) is 16.6 Å². The molecule has 6 heteroatoms. The van der Waals surface area contributed by atoms with Crippen LogP contribution in [-0.2, 0) is 10.2 Å². The molecule has 0 fully saturated rings. The highest BCUT2D eigenvalue weighted by Crippen LogP contribution is 2.30. The van der Waals surface area contributed by atoms with Crippen molar-refractivity contribution >= 4 is 17.2 Å². The Morgan fingerprint density at radius 3 is 2.28 bits per heavy atom. The van der Waals surface area contributed by atoms with Gasteiger partial charge in [-0.2, -0.15) is 0 Å². The number of benzene rings is 2. The molecule has 0 bridgehead atoms. The third kappa shape index (κ3) is 3.63. The van der Waals surface area contributed by atoms with Gasteiger partial charge in [0.15, 0.2) is 5.75 Å². The summed E-state index contributed by atoms with van der Waals surface area (Å²) < 4.78 is 10.2. The van der Waals surface area contributed by atoms with Crippen LogP contribution in [0.15, 0.2) is 42.5 Å². The van der Waals surface area contributed by atoms with Crippen molar-refractivity contribution in [1.82, 2.24) is 15.0 Å². The molecule has 0 aliphatic carbocycles.